The van der Waals surface area contributed by atoms with Crippen molar-refractivity contribution >= 4 is 23.9 Å². The fourth-order valence-corrected chi connectivity index (χ4v) is 3.95. The lowest BCUT2D eigenvalue weighted by Crippen LogP contribution is -2.32. The number of alkyl carbamates (subject to hydrolysis) is 1. The van der Waals surface area contributed by atoms with Crippen LogP contribution in [0.25, 0.3) is 0 Å². The molecule has 204 valence electrons. The van der Waals surface area contributed by atoms with Gasteiger partial charge in [-0.2, -0.15) is 0 Å². The number of esters is 1. The smallest absolute Gasteiger partial charge is 0.407 e. The van der Waals surface area contributed by atoms with Crippen LogP contribution in [0.2, 0.25) is 0 Å². The standard InChI is InChI=1S/C29H37N3O6/c1-28(2,3)37-24(33)12-13-30-25(34)21-10-11-22-18-32(26(35)23(22)15-21)17-20-9-7-8-19(14-20)16-31-27(36)38-29(4,5)6/h7-11,14-15H,12-13,16-18H2,1-6H3,(H,30,34)(H,31,36). The van der Waals surface area contributed by atoms with Gasteiger partial charge in [0.1, 0.15) is 11.2 Å². The van der Waals surface area contributed by atoms with Crippen molar-refractivity contribution in [1.82, 2.24) is 15.5 Å². The summed E-state index contributed by atoms with van der Waals surface area (Å²) in [5.74, 6) is -0.893. The van der Waals surface area contributed by atoms with Crippen LogP contribution < -0.4 is 10.6 Å². The summed E-state index contributed by atoms with van der Waals surface area (Å²) < 4.78 is 10.5. The topological polar surface area (TPSA) is 114 Å². The summed E-state index contributed by atoms with van der Waals surface area (Å²) in [5, 5.41) is 5.45. The summed E-state index contributed by atoms with van der Waals surface area (Å²) in [6.45, 7) is 12.1. The Morgan fingerprint density at radius 2 is 1.58 bits per heavy atom. The first kappa shape index (κ1) is 28.7. The van der Waals surface area contributed by atoms with E-state index in [0.29, 0.717) is 30.8 Å². The molecule has 0 unspecified atom stereocenters. The number of carbonyl (C=O) groups excluding carboxylic acids is 4. The Bertz CT molecular complexity index is 1210. The lowest BCUT2D eigenvalue weighted by molar-refractivity contribution is -0.154. The molecule has 0 bridgehead atoms. The summed E-state index contributed by atoms with van der Waals surface area (Å²) in [6.07, 6.45) is -0.426. The summed E-state index contributed by atoms with van der Waals surface area (Å²) in [5.41, 5.74) is 2.37. The molecular weight excluding hydrogens is 486 g/mol. The van der Waals surface area contributed by atoms with E-state index in [0.717, 1.165) is 16.7 Å². The molecule has 3 amide bonds. The van der Waals surface area contributed by atoms with Gasteiger partial charge in [-0.25, -0.2) is 4.79 Å². The Morgan fingerprint density at radius 3 is 2.26 bits per heavy atom. The average molecular weight is 524 g/mol. The number of fused-ring (bicyclic) bond motifs is 1. The van der Waals surface area contributed by atoms with Crippen molar-refractivity contribution in [3.05, 3.63) is 70.3 Å². The molecule has 2 aromatic rings. The van der Waals surface area contributed by atoms with E-state index < -0.39 is 17.3 Å². The molecule has 38 heavy (non-hydrogen) atoms. The first-order valence-corrected chi connectivity index (χ1v) is 12.7. The van der Waals surface area contributed by atoms with Crippen molar-refractivity contribution < 1.29 is 28.7 Å². The van der Waals surface area contributed by atoms with Crippen molar-refractivity contribution in [3.8, 4) is 0 Å². The maximum Gasteiger partial charge on any atom is 0.407 e. The first-order chi connectivity index (χ1) is 17.7. The number of hydrogen-bond acceptors (Lipinski definition) is 6. The Morgan fingerprint density at radius 1 is 0.895 bits per heavy atom. The van der Waals surface area contributed by atoms with Crippen molar-refractivity contribution in [1.29, 1.82) is 0 Å². The first-order valence-electron chi connectivity index (χ1n) is 12.7. The highest BCUT2D eigenvalue weighted by Crippen LogP contribution is 2.26. The number of benzene rings is 2. The number of carbonyl (C=O) groups is 4. The van der Waals surface area contributed by atoms with Crippen molar-refractivity contribution in [2.75, 3.05) is 6.54 Å². The normalized spacial score (nSPS) is 13.1. The molecule has 2 N–H and O–H groups in total. The van der Waals surface area contributed by atoms with Gasteiger partial charge in [0.2, 0.25) is 0 Å². The van der Waals surface area contributed by atoms with Crippen molar-refractivity contribution in [3.63, 3.8) is 0 Å². The minimum absolute atomic E-state index is 0.0625. The van der Waals surface area contributed by atoms with Gasteiger partial charge in [0, 0.05) is 37.3 Å². The predicted molar refractivity (Wildman–Crippen MR) is 142 cm³/mol. The molecule has 0 saturated carbocycles. The van der Waals surface area contributed by atoms with Crippen LogP contribution in [0, 0.1) is 0 Å². The molecule has 3 rings (SSSR count). The van der Waals surface area contributed by atoms with E-state index in [9.17, 15) is 19.2 Å². The van der Waals surface area contributed by atoms with Gasteiger partial charge in [-0.1, -0.05) is 30.3 Å². The van der Waals surface area contributed by atoms with E-state index in [-0.39, 0.29) is 30.7 Å². The molecular formula is C29H37N3O6. The SMILES string of the molecule is CC(C)(C)OC(=O)CCNC(=O)c1ccc2c(c1)C(=O)N(Cc1cccc(CNC(=O)OC(C)(C)C)c1)C2. The fraction of sp³-hybridized carbons (Fsp3) is 0.448. The maximum atomic E-state index is 13.1. The molecule has 1 aliphatic rings. The zero-order valence-corrected chi connectivity index (χ0v) is 23.0. The van der Waals surface area contributed by atoms with Gasteiger partial charge in [-0.15, -0.1) is 0 Å². The van der Waals surface area contributed by atoms with E-state index in [1.54, 1.807) is 64.6 Å². The Kier molecular flexibility index (Phi) is 8.81. The number of ether oxygens (including phenoxy) is 2. The second-order valence-corrected chi connectivity index (χ2v) is 11.3. The zero-order chi connectivity index (χ0) is 28.1. The highest BCUT2D eigenvalue weighted by Gasteiger charge is 2.28. The zero-order valence-electron chi connectivity index (χ0n) is 23.0. The Balaban J connectivity index is 1.56. The number of nitrogens with zero attached hydrogens (tertiary/aromatic N) is 1. The van der Waals surface area contributed by atoms with Crippen LogP contribution in [0.15, 0.2) is 42.5 Å². The summed E-state index contributed by atoms with van der Waals surface area (Å²) in [6, 6.07) is 12.7. The minimum Gasteiger partial charge on any atom is -0.460 e. The molecule has 9 heteroatoms. The van der Waals surface area contributed by atoms with Crippen LogP contribution in [0.4, 0.5) is 4.79 Å². The van der Waals surface area contributed by atoms with Crippen LogP contribution in [0.1, 0.15) is 85.4 Å². The van der Waals surface area contributed by atoms with Crippen LogP contribution in [0.5, 0.6) is 0 Å². The molecule has 0 aliphatic carbocycles. The lowest BCUT2D eigenvalue weighted by atomic mass is 10.1. The van der Waals surface area contributed by atoms with Crippen LogP contribution in [-0.2, 0) is 33.9 Å². The highest BCUT2D eigenvalue weighted by atomic mass is 16.6. The molecule has 2 aromatic carbocycles. The van der Waals surface area contributed by atoms with Gasteiger partial charge in [0.05, 0.1) is 6.42 Å². The molecule has 0 atom stereocenters. The number of amides is 3. The molecule has 9 nitrogen and oxygen atoms in total. The summed E-state index contributed by atoms with van der Waals surface area (Å²) in [7, 11) is 0. The van der Waals surface area contributed by atoms with E-state index >= 15 is 0 Å². The molecule has 0 saturated heterocycles. The largest absolute Gasteiger partial charge is 0.460 e. The molecule has 0 aromatic heterocycles. The highest BCUT2D eigenvalue weighted by molar-refractivity contribution is 6.02. The maximum absolute atomic E-state index is 13.1. The van der Waals surface area contributed by atoms with E-state index in [1.807, 2.05) is 24.3 Å². The van der Waals surface area contributed by atoms with E-state index in [4.69, 9.17) is 9.47 Å². The van der Waals surface area contributed by atoms with Gasteiger partial charge in [0.15, 0.2) is 0 Å². The number of rotatable bonds is 8. The minimum atomic E-state index is -0.578. The summed E-state index contributed by atoms with van der Waals surface area (Å²) >= 11 is 0. The lowest BCUT2D eigenvalue weighted by Gasteiger charge is -2.20. The summed E-state index contributed by atoms with van der Waals surface area (Å²) in [4.78, 5) is 51.2. The third kappa shape index (κ3) is 8.61. The molecule has 1 heterocycles. The van der Waals surface area contributed by atoms with Gasteiger partial charge in [-0.3, -0.25) is 14.4 Å². The second-order valence-electron chi connectivity index (χ2n) is 11.3. The molecule has 0 fully saturated rings. The van der Waals surface area contributed by atoms with Gasteiger partial charge >= 0.3 is 12.1 Å². The number of nitrogens with one attached hydrogen (secondary N) is 2. The fourth-order valence-electron chi connectivity index (χ4n) is 3.95. The molecule has 0 radical (unpaired) electrons. The van der Waals surface area contributed by atoms with Gasteiger partial charge in [-0.05, 0) is 70.4 Å². The van der Waals surface area contributed by atoms with Crippen LogP contribution in [-0.4, -0.2) is 46.5 Å². The third-order valence-corrected chi connectivity index (χ3v) is 5.49. The van der Waals surface area contributed by atoms with Crippen LogP contribution in [0.3, 0.4) is 0 Å². The average Bonchev–Trinajstić information content (AvgIpc) is 3.10. The number of hydrogen-bond donors (Lipinski definition) is 2. The predicted octanol–water partition coefficient (Wildman–Crippen LogP) is 4.33. The Hall–Kier alpha value is -3.88. The monoisotopic (exact) mass is 523 g/mol. The van der Waals surface area contributed by atoms with Gasteiger partial charge < -0.3 is 25.0 Å². The Labute approximate surface area is 223 Å². The van der Waals surface area contributed by atoms with Crippen molar-refractivity contribution in [2.45, 2.75) is 78.8 Å². The second kappa shape index (κ2) is 11.7. The molecule has 1 aliphatic heterocycles. The van der Waals surface area contributed by atoms with Crippen molar-refractivity contribution in [2.24, 2.45) is 0 Å². The van der Waals surface area contributed by atoms with Crippen LogP contribution >= 0.6 is 0 Å². The quantitative estimate of drug-likeness (QED) is 0.498. The third-order valence-electron chi connectivity index (χ3n) is 5.49. The molecule has 0 spiro atoms. The van der Waals surface area contributed by atoms with Gasteiger partial charge in [0.25, 0.3) is 11.8 Å². The van der Waals surface area contributed by atoms with E-state index in [2.05, 4.69) is 10.6 Å². The van der Waals surface area contributed by atoms with E-state index in [1.165, 1.54) is 0 Å².